The van der Waals surface area contributed by atoms with E-state index in [-0.39, 0.29) is 24.8 Å². The third kappa shape index (κ3) is 7.10. The van der Waals surface area contributed by atoms with Crippen molar-refractivity contribution in [2.24, 2.45) is 0 Å². The van der Waals surface area contributed by atoms with Gasteiger partial charge in [-0.2, -0.15) is 0 Å². The van der Waals surface area contributed by atoms with Crippen LogP contribution in [0, 0.1) is 5.82 Å². The highest BCUT2D eigenvalue weighted by Gasteiger charge is 2.13. The Morgan fingerprint density at radius 1 is 0.963 bits per heavy atom. The Hall–Kier alpha value is -1.10. The van der Waals surface area contributed by atoms with E-state index in [0.717, 1.165) is 22.3 Å². The summed E-state index contributed by atoms with van der Waals surface area (Å²) in [5, 5.41) is 3.71. The number of rotatable bonds is 6. The molecule has 1 aliphatic rings. The molecule has 5 heteroatoms. The van der Waals surface area contributed by atoms with Crippen LogP contribution in [0.3, 0.4) is 0 Å². The molecule has 0 bridgehead atoms. The van der Waals surface area contributed by atoms with Crippen molar-refractivity contribution in [3.05, 3.63) is 63.9 Å². The van der Waals surface area contributed by atoms with Crippen LogP contribution in [0.15, 0.2) is 46.9 Å². The van der Waals surface area contributed by atoms with E-state index in [0.29, 0.717) is 11.6 Å². The Kier molecular flexibility index (Phi) is 9.60. The van der Waals surface area contributed by atoms with Crippen LogP contribution < -0.4 is 10.1 Å². The SMILES string of the molecule is Cl.Fc1ccccc1COc1ccc(Br)cc1CNC1CCCCCCC1. The molecular formula is C22H28BrClFNO. The molecule has 0 aliphatic heterocycles. The Morgan fingerprint density at radius 2 is 1.67 bits per heavy atom. The van der Waals surface area contributed by atoms with E-state index in [1.165, 1.54) is 51.0 Å². The van der Waals surface area contributed by atoms with Crippen LogP contribution in [-0.2, 0) is 13.2 Å². The van der Waals surface area contributed by atoms with Gasteiger partial charge in [-0.15, -0.1) is 12.4 Å². The van der Waals surface area contributed by atoms with Crippen molar-refractivity contribution in [2.45, 2.75) is 64.1 Å². The fraction of sp³-hybridized carbons (Fsp3) is 0.455. The van der Waals surface area contributed by atoms with E-state index in [1.54, 1.807) is 12.1 Å². The Balaban J connectivity index is 0.00000261. The topological polar surface area (TPSA) is 21.3 Å². The molecule has 2 aromatic rings. The minimum atomic E-state index is -0.223. The zero-order valence-corrected chi connectivity index (χ0v) is 18.0. The van der Waals surface area contributed by atoms with Gasteiger partial charge in [0.05, 0.1) is 0 Å². The van der Waals surface area contributed by atoms with Gasteiger partial charge in [-0.1, -0.05) is 66.2 Å². The summed E-state index contributed by atoms with van der Waals surface area (Å²) in [6, 6.07) is 13.4. The van der Waals surface area contributed by atoms with Crippen LogP contribution in [0.1, 0.15) is 56.1 Å². The van der Waals surface area contributed by atoms with Gasteiger partial charge in [0.15, 0.2) is 0 Å². The van der Waals surface area contributed by atoms with Gasteiger partial charge in [-0.05, 0) is 37.1 Å². The van der Waals surface area contributed by atoms with Gasteiger partial charge in [-0.25, -0.2) is 4.39 Å². The Bertz CT molecular complexity index is 704. The first-order valence-electron chi connectivity index (χ1n) is 9.60. The van der Waals surface area contributed by atoms with Crippen molar-refractivity contribution >= 4 is 28.3 Å². The molecule has 1 saturated carbocycles. The van der Waals surface area contributed by atoms with Gasteiger partial charge in [0.1, 0.15) is 18.2 Å². The summed E-state index contributed by atoms with van der Waals surface area (Å²) in [6.07, 6.45) is 9.21. The minimum absolute atomic E-state index is 0. The number of hydrogen-bond acceptors (Lipinski definition) is 2. The van der Waals surface area contributed by atoms with Crippen LogP contribution in [-0.4, -0.2) is 6.04 Å². The maximum atomic E-state index is 13.8. The first-order chi connectivity index (χ1) is 12.7. The summed E-state index contributed by atoms with van der Waals surface area (Å²) in [7, 11) is 0. The van der Waals surface area contributed by atoms with Gasteiger partial charge < -0.3 is 10.1 Å². The molecule has 0 unspecified atom stereocenters. The molecule has 0 aromatic heterocycles. The van der Waals surface area contributed by atoms with Crippen molar-refractivity contribution in [3.63, 3.8) is 0 Å². The van der Waals surface area contributed by atoms with E-state index in [4.69, 9.17) is 4.74 Å². The van der Waals surface area contributed by atoms with Crippen LogP contribution in [0.2, 0.25) is 0 Å². The van der Waals surface area contributed by atoms with E-state index in [1.807, 2.05) is 18.2 Å². The molecule has 1 N–H and O–H groups in total. The number of nitrogens with one attached hydrogen (secondary N) is 1. The quantitative estimate of drug-likeness (QED) is 0.516. The largest absolute Gasteiger partial charge is 0.488 e. The molecule has 2 nitrogen and oxygen atoms in total. The average Bonchev–Trinajstić information content (AvgIpc) is 2.61. The highest BCUT2D eigenvalue weighted by molar-refractivity contribution is 9.10. The molecule has 148 valence electrons. The lowest BCUT2D eigenvalue weighted by Gasteiger charge is -2.22. The monoisotopic (exact) mass is 455 g/mol. The second-order valence-corrected chi connectivity index (χ2v) is 7.97. The molecule has 27 heavy (non-hydrogen) atoms. The zero-order valence-electron chi connectivity index (χ0n) is 15.6. The van der Waals surface area contributed by atoms with Gasteiger partial charge in [0.2, 0.25) is 0 Å². The van der Waals surface area contributed by atoms with Gasteiger partial charge in [-0.3, -0.25) is 0 Å². The molecule has 3 rings (SSSR count). The summed E-state index contributed by atoms with van der Waals surface area (Å²) in [4.78, 5) is 0. The highest BCUT2D eigenvalue weighted by Crippen LogP contribution is 2.25. The van der Waals surface area contributed by atoms with Crippen molar-refractivity contribution in [2.75, 3.05) is 0 Å². The summed E-state index contributed by atoms with van der Waals surface area (Å²) < 4.78 is 20.8. The zero-order chi connectivity index (χ0) is 18.2. The number of ether oxygens (including phenoxy) is 1. The molecule has 1 fully saturated rings. The van der Waals surface area contributed by atoms with Gasteiger partial charge in [0.25, 0.3) is 0 Å². The molecule has 0 amide bonds. The van der Waals surface area contributed by atoms with E-state index in [9.17, 15) is 4.39 Å². The number of halogens is 3. The molecule has 1 aliphatic carbocycles. The summed E-state index contributed by atoms with van der Waals surface area (Å²) in [5.74, 6) is 0.591. The minimum Gasteiger partial charge on any atom is -0.488 e. The van der Waals surface area contributed by atoms with Crippen LogP contribution in [0.25, 0.3) is 0 Å². The molecule has 0 saturated heterocycles. The molecule has 0 spiro atoms. The standard InChI is InChI=1S/C22H27BrFNO.ClH/c23-19-12-13-22(26-16-17-8-6-7-11-21(17)24)18(14-19)15-25-20-9-4-2-1-3-5-10-20;/h6-8,11-14,20,25H,1-5,9-10,15-16H2;1H. The lowest BCUT2D eigenvalue weighted by molar-refractivity contribution is 0.294. The van der Waals surface area contributed by atoms with Gasteiger partial charge >= 0.3 is 0 Å². The van der Waals surface area contributed by atoms with E-state index >= 15 is 0 Å². The third-order valence-corrected chi connectivity index (χ3v) is 5.54. The number of hydrogen-bond donors (Lipinski definition) is 1. The van der Waals surface area contributed by atoms with E-state index in [2.05, 4.69) is 27.3 Å². The molecule has 2 aromatic carbocycles. The van der Waals surface area contributed by atoms with Crippen molar-refractivity contribution in [3.8, 4) is 5.75 Å². The fourth-order valence-corrected chi connectivity index (χ4v) is 3.92. The molecule has 0 atom stereocenters. The summed E-state index contributed by atoms with van der Waals surface area (Å²) in [6.45, 7) is 1.02. The van der Waals surface area contributed by atoms with Crippen molar-refractivity contribution in [1.29, 1.82) is 0 Å². The second kappa shape index (κ2) is 11.7. The lowest BCUT2D eigenvalue weighted by atomic mass is 9.96. The smallest absolute Gasteiger partial charge is 0.129 e. The maximum Gasteiger partial charge on any atom is 0.129 e. The van der Waals surface area contributed by atoms with Crippen LogP contribution in [0.4, 0.5) is 4.39 Å². The predicted molar refractivity (Wildman–Crippen MR) is 115 cm³/mol. The Labute approximate surface area is 176 Å². The van der Waals surface area contributed by atoms with Crippen molar-refractivity contribution in [1.82, 2.24) is 5.32 Å². The number of benzene rings is 2. The third-order valence-electron chi connectivity index (χ3n) is 5.05. The second-order valence-electron chi connectivity index (χ2n) is 7.06. The summed E-state index contributed by atoms with van der Waals surface area (Å²) in [5.41, 5.74) is 1.69. The summed E-state index contributed by atoms with van der Waals surface area (Å²) >= 11 is 3.55. The molecule has 0 heterocycles. The molecular weight excluding hydrogens is 429 g/mol. The van der Waals surface area contributed by atoms with Crippen molar-refractivity contribution < 1.29 is 9.13 Å². The predicted octanol–water partition coefficient (Wildman–Crippen LogP) is 6.79. The first kappa shape index (κ1) is 22.2. The Morgan fingerprint density at radius 3 is 2.41 bits per heavy atom. The normalized spacial score (nSPS) is 15.5. The maximum absolute atomic E-state index is 13.8. The highest BCUT2D eigenvalue weighted by atomic mass is 79.9. The van der Waals surface area contributed by atoms with Crippen LogP contribution >= 0.6 is 28.3 Å². The van der Waals surface area contributed by atoms with Gasteiger partial charge in [0, 0.05) is 28.2 Å². The average molecular weight is 457 g/mol. The lowest BCUT2D eigenvalue weighted by Crippen LogP contribution is -2.29. The first-order valence-corrected chi connectivity index (χ1v) is 10.4. The molecule has 0 radical (unpaired) electrons. The fourth-order valence-electron chi connectivity index (χ4n) is 3.51. The van der Waals surface area contributed by atoms with Crippen LogP contribution in [0.5, 0.6) is 5.75 Å². The van der Waals surface area contributed by atoms with E-state index < -0.39 is 0 Å².